The highest BCUT2D eigenvalue weighted by Gasteiger charge is 2.21. The Morgan fingerprint density at radius 1 is 1.29 bits per heavy atom. The zero-order valence-corrected chi connectivity index (χ0v) is 9.15. The predicted molar refractivity (Wildman–Crippen MR) is 47.9 cm³/mol. The smallest absolute Gasteiger partial charge is 0.271 e. The van der Waals surface area contributed by atoms with Gasteiger partial charge in [-0.05, 0) is 6.92 Å². The minimum absolute atomic E-state index is 0.0107. The van der Waals surface area contributed by atoms with Gasteiger partial charge in [-0.3, -0.25) is 0 Å². The van der Waals surface area contributed by atoms with E-state index in [0.717, 1.165) is 12.3 Å². The van der Waals surface area contributed by atoms with Gasteiger partial charge in [0.2, 0.25) is 5.09 Å². The van der Waals surface area contributed by atoms with Crippen LogP contribution in [-0.4, -0.2) is 23.1 Å². The number of nitrogens with two attached hydrogens (primary N) is 1. The molecule has 0 bridgehead atoms. The highest BCUT2D eigenvalue weighted by molar-refractivity contribution is 7.91. The van der Waals surface area contributed by atoms with Crippen molar-refractivity contribution in [3.63, 3.8) is 0 Å². The Balaban J connectivity index is 3.49. The minimum Gasteiger partial charge on any atom is -0.447 e. The first-order valence-corrected chi connectivity index (χ1v) is 6.89. The van der Waals surface area contributed by atoms with E-state index in [1.165, 1.54) is 6.92 Å². The van der Waals surface area contributed by atoms with Crippen LogP contribution < -0.4 is 5.14 Å². The van der Waals surface area contributed by atoms with Crippen LogP contribution in [0.25, 0.3) is 0 Å². The molecule has 0 saturated carbocycles. The van der Waals surface area contributed by atoms with Crippen LogP contribution in [-0.2, 0) is 19.9 Å². The molecule has 0 aromatic carbocycles. The van der Waals surface area contributed by atoms with E-state index in [1.54, 1.807) is 0 Å². The fourth-order valence-electron chi connectivity index (χ4n) is 0.948. The lowest BCUT2D eigenvalue weighted by Gasteiger charge is -1.90. The number of hydrogen-bond acceptors (Lipinski definition) is 5. The number of sulfone groups is 1. The number of furan rings is 1. The van der Waals surface area contributed by atoms with Gasteiger partial charge < -0.3 is 4.42 Å². The second-order valence-corrected chi connectivity index (χ2v) is 6.28. The van der Waals surface area contributed by atoms with E-state index in [2.05, 4.69) is 0 Å². The molecule has 0 unspecified atom stereocenters. The highest BCUT2D eigenvalue weighted by Crippen LogP contribution is 2.21. The number of primary sulfonamides is 1. The molecule has 1 heterocycles. The molecule has 14 heavy (non-hydrogen) atoms. The van der Waals surface area contributed by atoms with E-state index in [1.807, 2.05) is 0 Å². The Kier molecular flexibility index (Phi) is 2.46. The first kappa shape index (κ1) is 11.2. The van der Waals surface area contributed by atoms with Crippen molar-refractivity contribution < 1.29 is 21.3 Å². The number of sulfonamides is 1. The zero-order valence-electron chi connectivity index (χ0n) is 7.51. The van der Waals surface area contributed by atoms with Crippen molar-refractivity contribution in [1.29, 1.82) is 0 Å². The lowest BCUT2D eigenvalue weighted by atomic mass is 10.5. The summed E-state index contributed by atoms with van der Waals surface area (Å²) in [5.41, 5.74) is 0. The van der Waals surface area contributed by atoms with Gasteiger partial charge in [0.05, 0.1) is 0 Å². The summed E-state index contributed by atoms with van der Waals surface area (Å²) in [5.74, 6) is 0.0107. The van der Waals surface area contributed by atoms with E-state index in [9.17, 15) is 16.8 Å². The van der Waals surface area contributed by atoms with E-state index >= 15 is 0 Å². The molecule has 0 spiro atoms. The Morgan fingerprint density at radius 3 is 2.00 bits per heavy atom. The van der Waals surface area contributed by atoms with Crippen LogP contribution >= 0.6 is 0 Å². The molecule has 1 rings (SSSR count). The van der Waals surface area contributed by atoms with Gasteiger partial charge in [0.1, 0.15) is 10.7 Å². The summed E-state index contributed by atoms with van der Waals surface area (Å²) in [6, 6.07) is 0.903. The fourth-order valence-corrected chi connectivity index (χ4v) is 2.43. The lowest BCUT2D eigenvalue weighted by molar-refractivity contribution is 0.425. The average molecular weight is 239 g/mol. The summed E-state index contributed by atoms with van der Waals surface area (Å²) in [6.45, 7) is 1.35. The molecule has 1 aromatic rings. The van der Waals surface area contributed by atoms with E-state index in [0.29, 0.717) is 0 Å². The molecule has 0 radical (unpaired) electrons. The molecule has 8 heteroatoms. The van der Waals surface area contributed by atoms with E-state index < -0.39 is 25.0 Å². The first-order valence-electron chi connectivity index (χ1n) is 3.45. The Morgan fingerprint density at radius 2 is 1.79 bits per heavy atom. The summed E-state index contributed by atoms with van der Waals surface area (Å²) in [5, 5.41) is 4.22. The van der Waals surface area contributed by atoms with Crippen molar-refractivity contribution in [2.24, 2.45) is 5.14 Å². The van der Waals surface area contributed by atoms with Crippen LogP contribution in [0, 0.1) is 6.92 Å². The highest BCUT2D eigenvalue weighted by atomic mass is 32.2. The maximum atomic E-state index is 11.1. The van der Waals surface area contributed by atoms with E-state index in [-0.39, 0.29) is 10.7 Å². The molecular formula is C6H9NO5S2. The van der Waals surface area contributed by atoms with Crippen LogP contribution in [0.1, 0.15) is 5.76 Å². The van der Waals surface area contributed by atoms with E-state index in [4.69, 9.17) is 9.56 Å². The van der Waals surface area contributed by atoms with Gasteiger partial charge >= 0.3 is 0 Å². The molecule has 2 N–H and O–H groups in total. The normalized spacial score (nSPS) is 13.1. The van der Waals surface area contributed by atoms with Gasteiger partial charge in [0.15, 0.2) is 9.84 Å². The third-order valence-electron chi connectivity index (χ3n) is 1.53. The summed E-state index contributed by atoms with van der Waals surface area (Å²) in [6.07, 6.45) is 0.956. The second kappa shape index (κ2) is 3.07. The zero-order chi connectivity index (χ0) is 11.1. The number of aryl methyl sites for hydroxylation is 1. The van der Waals surface area contributed by atoms with Crippen LogP contribution in [0.4, 0.5) is 0 Å². The summed E-state index contributed by atoms with van der Waals surface area (Å²) < 4.78 is 48.5. The fraction of sp³-hybridized carbons (Fsp3) is 0.333. The predicted octanol–water partition coefficient (Wildman–Crippen LogP) is -0.361. The standard InChI is InChI=1S/C6H9NO5S2/c1-4-5(13(2,8)9)3-6(12-4)14(7,10)11/h3H,1-2H3,(H2,7,10,11). The Labute approximate surface area is 81.7 Å². The molecule has 0 saturated heterocycles. The van der Waals surface area contributed by atoms with Gasteiger partial charge in [0.25, 0.3) is 10.0 Å². The molecule has 0 fully saturated rings. The van der Waals surface area contributed by atoms with Crippen LogP contribution in [0.5, 0.6) is 0 Å². The monoisotopic (exact) mass is 239 g/mol. The molecule has 80 valence electrons. The second-order valence-electron chi connectivity index (χ2n) is 2.80. The van der Waals surface area contributed by atoms with Crippen molar-refractivity contribution in [1.82, 2.24) is 0 Å². The van der Waals surface area contributed by atoms with Crippen LogP contribution in [0.2, 0.25) is 0 Å². The van der Waals surface area contributed by atoms with Crippen molar-refractivity contribution in [3.05, 3.63) is 11.8 Å². The van der Waals surface area contributed by atoms with Crippen molar-refractivity contribution >= 4 is 19.9 Å². The quantitative estimate of drug-likeness (QED) is 0.758. The molecule has 0 aliphatic heterocycles. The van der Waals surface area contributed by atoms with Gasteiger partial charge in [-0.1, -0.05) is 0 Å². The topological polar surface area (TPSA) is 107 Å². The largest absolute Gasteiger partial charge is 0.447 e. The molecule has 0 amide bonds. The minimum atomic E-state index is -4.00. The Hall–Kier alpha value is -0.860. The van der Waals surface area contributed by atoms with Crippen molar-refractivity contribution in [2.75, 3.05) is 6.26 Å². The number of hydrogen-bond donors (Lipinski definition) is 1. The SMILES string of the molecule is Cc1oc(S(N)(=O)=O)cc1S(C)(=O)=O. The molecular weight excluding hydrogens is 230 g/mol. The third-order valence-corrected chi connectivity index (χ3v) is 3.50. The third kappa shape index (κ3) is 2.14. The number of rotatable bonds is 2. The summed E-state index contributed by atoms with van der Waals surface area (Å²) in [4.78, 5) is -0.165. The van der Waals surface area contributed by atoms with Gasteiger partial charge in [-0.2, -0.15) is 0 Å². The van der Waals surface area contributed by atoms with Crippen LogP contribution in [0.15, 0.2) is 20.5 Å². The average Bonchev–Trinajstić information content (AvgIpc) is 2.27. The maximum absolute atomic E-state index is 11.1. The molecule has 0 aliphatic carbocycles. The molecule has 0 atom stereocenters. The van der Waals surface area contributed by atoms with Gasteiger partial charge in [0, 0.05) is 12.3 Å². The molecule has 6 nitrogen and oxygen atoms in total. The maximum Gasteiger partial charge on any atom is 0.271 e. The summed E-state index contributed by atoms with van der Waals surface area (Å²) in [7, 11) is -7.48. The first-order chi connectivity index (χ1) is 6.12. The molecule has 0 aliphatic rings. The molecule has 1 aromatic heterocycles. The van der Waals surface area contributed by atoms with Crippen molar-refractivity contribution in [2.45, 2.75) is 16.9 Å². The van der Waals surface area contributed by atoms with Gasteiger partial charge in [-0.25, -0.2) is 22.0 Å². The van der Waals surface area contributed by atoms with Crippen molar-refractivity contribution in [3.8, 4) is 0 Å². The Bertz CT molecular complexity index is 551. The summed E-state index contributed by atoms with van der Waals surface area (Å²) >= 11 is 0. The van der Waals surface area contributed by atoms with Crippen LogP contribution in [0.3, 0.4) is 0 Å². The lowest BCUT2D eigenvalue weighted by Crippen LogP contribution is -2.10. The van der Waals surface area contributed by atoms with Gasteiger partial charge in [-0.15, -0.1) is 0 Å².